The monoisotopic (exact) mass is 413 g/mol. The molecule has 2 aromatic rings. The van der Waals surface area contributed by atoms with Crippen LogP contribution in [0.2, 0.25) is 0 Å². The number of ether oxygens (including phenoxy) is 2. The van der Waals surface area contributed by atoms with Gasteiger partial charge in [-0.1, -0.05) is 19.3 Å². The van der Waals surface area contributed by atoms with Gasteiger partial charge in [0.2, 0.25) is 0 Å². The Hall–Kier alpha value is -2.54. The van der Waals surface area contributed by atoms with E-state index in [1.807, 2.05) is 28.5 Å². The minimum atomic E-state index is 0.240. The fourth-order valence-corrected chi connectivity index (χ4v) is 5.11. The van der Waals surface area contributed by atoms with Gasteiger partial charge in [-0.2, -0.15) is 0 Å². The number of thiazole rings is 1. The van der Waals surface area contributed by atoms with Crippen LogP contribution in [0.5, 0.6) is 11.5 Å². The molecule has 0 atom stereocenters. The van der Waals surface area contributed by atoms with Gasteiger partial charge >= 0.3 is 0 Å². The number of methoxy groups -OCH3 is 2. The van der Waals surface area contributed by atoms with Gasteiger partial charge in [0.1, 0.15) is 28.1 Å². The zero-order chi connectivity index (χ0) is 20.4. The largest absolute Gasteiger partial charge is 0.510 e. The van der Waals surface area contributed by atoms with Crippen molar-refractivity contribution >= 4 is 22.7 Å². The van der Waals surface area contributed by atoms with E-state index in [-0.39, 0.29) is 5.76 Å². The number of rotatable bonds is 6. The van der Waals surface area contributed by atoms with E-state index >= 15 is 0 Å². The summed E-state index contributed by atoms with van der Waals surface area (Å²) in [5.41, 5.74) is 2.14. The second-order valence-corrected chi connectivity index (χ2v) is 8.52. The van der Waals surface area contributed by atoms with Crippen LogP contribution in [0.4, 0.5) is 0 Å². The highest BCUT2D eigenvalue weighted by Gasteiger charge is 2.32. The average Bonchev–Trinajstić information content (AvgIpc) is 3.32. The minimum absolute atomic E-state index is 0.240. The summed E-state index contributed by atoms with van der Waals surface area (Å²) in [6, 6.07) is 5.59. The highest BCUT2D eigenvalue weighted by atomic mass is 32.1. The standard InChI is InChI=1S/C22H27N3O3S/c1-27-15-8-9-19(28-2)16(10-15)17-13-29-22(24-17)20-18(26)12-25(21(20)23)11-14-6-4-3-5-7-14/h8-10,13-14,23,26H,3-7,11-12H2,1-2H3. The smallest absolute Gasteiger partial charge is 0.135 e. The van der Waals surface area contributed by atoms with Crippen LogP contribution >= 0.6 is 11.3 Å². The molecule has 1 aliphatic carbocycles. The Morgan fingerprint density at radius 2 is 2.00 bits per heavy atom. The Labute approximate surface area is 175 Å². The SMILES string of the molecule is COc1ccc(OC)c(-c2csc(C3=C(O)CN(CC4CCCCC4)C3=N)n2)c1. The van der Waals surface area contributed by atoms with E-state index in [0.717, 1.165) is 23.6 Å². The van der Waals surface area contributed by atoms with Crippen LogP contribution in [0, 0.1) is 11.3 Å². The molecule has 1 aromatic carbocycles. The molecular formula is C22H27N3O3S. The van der Waals surface area contributed by atoms with Crippen LogP contribution in [-0.2, 0) is 0 Å². The summed E-state index contributed by atoms with van der Waals surface area (Å²) in [5, 5.41) is 21.8. The molecule has 7 heteroatoms. The molecule has 1 aliphatic heterocycles. The highest BCUT2D eigenvalue weighted by Crippen LogP contribution is 2.37. The molecule has 1 saturated carbocycles. The van der Waals surface area contributed by atoms with Crippen LogP contribution in [0.1, 0.15) is 37.1 Å². The van der Waals surface area contributed by atoms with Crippen molar-refractivity contribution in [1.29, 1.82) is 5.41 Å². The predicted molar refractivity (Wildman–Crippen MR) is 116 cm³/mol. The number of nitrogens with zero attached hydrogens (tertiary/aromatic N) is 2. The number of aromatic nitrogens is 1. The number of nitrogens with one attached hydrogen (secondary N) is 1. The molecule has 0 amide bonds. The van der Waals surface area contributed by atoms with Gasteiger partial charge in [-0.15, -0.1) is 11.3 Å². The van der Waals surface area contributed by atoms with Crippen LogP contribution in [0.25, 0.3) is 16.8 Å². The lowest BCUT2D eigenvalue weighted by atomic mass is 9.89. The fraction of sp³-hybridized carbons (Fsp3) is 0.455. The normalized spacial score (nSPS) is 17.9. The molecule has 1 fully saturated rings. The Bertz CT molecular complexity index is 931. The van der Waals surface area contributed by atoms with Gasteiger partial charge in [0.05, 0.1) is 32.0 Å². The van der Waals surface area contributed by atoms with Crippen LogP contribution in [0.15, 0.2) is 29.3 Å². The van der Waals surface area contributed by atoms with Crippen molar-refractivity contribution in [2.75, 3.05) is 27.3 Å². The molecule has 2 aliphatic rings. The van der Waals surface area contributed by atoms with Gasteiger partial charge in [0, 0.05) is 17.5 Å². The van der Waals surface area contributed by atoms with Crippen LogP contribution in [0.3, 0.4) is 0 Å². The summed E-state index contributed by atoms with van der Waals surface area (Å²) in [7, 11) is 3.25. The van der Waals surface area contributed by atoms with Crippen molar-refractivity contribution in [3.05, 3.63) is 34.3 Å². The second-order valence-electron chi connectivity index (χ2n) is 7.66. The first-order chi connectivity index (χ1) is 14.1. The summed E-state index contributed by atoms with van der Waals surface area (Å²) in [6.07, 6.45) is 6.30. The zero-order valence-electron chi connectivity index (χ0n) is 16.9. The van der Waals surface area contributed by atoms with Crippen molar-refractivity contribution in [2.24, 2.45) is 5.92 Å². The van der Waals surface area contributed by atoms with Crippen molar-refractivity contribution in [3.8, 4) is 22.8 Å². The van der Waals surface area contributed by atoms with Gasteiger partial charge < -0.3 is 19.5 Å². The van der Waals surface area contributed by atoms with E-state index in [1.54, 1.807) is 14.2 Å². The molecule has 1 aromatic heterocycles. The van der Waals surface area contributed by atoms with Crippen LogP contribution in [-0.4, -0.2) is 48.1 Å². The third-order valence-corrected chi connectivity index (χ3v) is 6.65. The summed E-state index contributed by atoms with van der Waals surface area (Å²) in [5.74, 6) is 2.67. The topological polar surface area (TPSA) is 78.7 Å². The first kappa shape index (κ1) is 19.8. The molecule has 0 radical (unpaired) electrons. The highest BCUT2D eigenvalue weighted by molar-refractivity contribution is 7.11. The maximum atomic E-state index is 10.6. The molecule has 0 unspecified atom stereocenters. The zero-order valence-corrected chi connectivity index (χ0v) is 17.7. The number of hydrogen-bond donors (Lipinski definition) is 2. The minimum Gasteiger partial charge on any atom is -0.510 e. The molecule has 6 nitrogen and oxygen atoms in total. The quantitative estimate of drug-likeness (QED) is 0.699. The second kappa shape index (κ2) is 8.45. The first-order valence-corrected chi connectivity index (χ1v) is 10.9. The summed E-state index contributed by atoms with van der Waals surface area (Å²) in [4.78, 5) is 6.72. The number of aliphatic hydroxyl groups excluding tert-OH is 1. The average molecular weight is 414 g/mol. The maximum Gasteiger partial charge on any atom is 0.135 e. The van der Waals surface area contributed by atoms with Crippen molar-refractivity contribution in [3.63, 3.8) is 0 Å². The molecule has 2 heterocycles. The first-order valence-electron chi connectivity index (χ1n) is 10.0. The van der Waals surface area contributed by atoms with Crippen LogP contribution < -0.4 is 9.47 Å². The molecule has 0 bridgehead atoms. The Morgan fingerprint density at radius 1 is 1.21 bits per heavy atom. The van der Waals surface area contributed by atoms with Gasteiger partial charge in [-0.25, -0.2) is 4.98 Å². The van der Waals surface area contributed by atoms with E-state index in [0.29, 0.717) is 34.6 Å². The Balaban J connectivity index is 1.56. The number of amidine groups is 1. The molecule has 29 heavy (non-hydrogen) atoms. The lowest BCUT2D eigenvalue weighted by Gasteiger charge is -2.28. The van der Waals surface area contributed by atoms with E-state index in [9.17, 15) is 5.11 Å². The molecular weight excluding hydrogens is 386 g/mol. The number of benzene rings is 1. The van der Waals surface area contributed by atoms with Gasteiger partial charge in [0.15, 0.2) is 0 Å². The third kappa shape index (κ3) is 3.96. The van der Waals surface area contributed by atoms with Gasteiger partial charge in [0.25, 0.3) is 0 Å². The van der Waals surface area contributed by atoms with E-state index in [4.69, 9.17) is 19.9 Å². The Kier molecular flexibility index (Phi) is 5.76. The fourth-order valence-electron chi connectivity index (χ4n) is 4.22. The lowest BCUT2D eigenvalue weighted by Crippen LogP contribution is -2.32. The molecule has 154 valence electrons. The van der Waals surface area contributed by atoms with Gasteiger partial charge in [-0.3, -0.25) is 5.41 Å². The van der Waals surface area contributed by atoms with Crippen molar-refractivity contribution in [2.45, 2.75) is 32.1 Å². The van der Waals surface area contributed by atoms with E-state index in [1.165, 1.54) is 43.4 Å². The maximum absolute atomic E-state index is 10.6. The molecule has 2 N–H and O–H groups in total. The molecule has 0 saturated heterocycles. The molecule has 0 spiro atoms. The van der Waals surface area contributed by atoms with Gasteiger partial charge in [-0.05, 0) is 37.0 Å². The number of hydrogen-bond acceptors (Lipinski definition) is 6. The van der Waals surface area contributed by atoms with Crippen molar-refractivity contribution in [1.82, 2.24) is 9.88 Å². The predicted octanol–water partition coefficient (Wildman–Crippen LogP) is 4.97. The summed E-state index contributed by atoms with van der Waals surface area (Å²) in [6.45, 7) is 1.25. The molecule has 4 rings (SSSR count). The van der Waals surface area contributed by atoms with E-state index < -0.39 is 0 Å². The van der Waals surface area contributed by atoms with Crippen molar-refractivity contribution < 1.29 is 14.6 Å². The lowest BCUT2D eigenvalue weighted by molar-refractivity contribution is 0.268. The summed E-state index contributed by atoms with van der Waals surface area (Å²) < 4.78 is 10.8. The Morgan fingerprint density at radius 3 is 2.72 bits per heavy atom. The third-order valence-electron chi connectivity index (χ3n) is 5.79. The van der Waals surface area contributed by atoms with E-state index in [2.05, 4.69) is 0 Å². The summed E-state index contributed by atoms with van der Waals surface area (Å²) >= 11 is 1.44. The number of aliphatic hydroxyl groups is 1.